The summed E-state index contributed by atoms with van der Waals surface area (Å²) in [6, 6.07) is 0. The van der Waals surface area contributed by atoms with Crippen LogP contribution in [0, 0.1) is 23.7 Å². The standard InChI is InChI=1S/C10H16O2/c11-9-2-5-1-6-3-10(12)7(5)4-8(6)9/h5-12H,1-4H2. The third-order valence-corrected chi connectivity index (χ3v) is 4.44. The summed E-state index contributed by atoms with van der Waals surface area (Å²) in [5, 5.41) is 19.5. The first kappa shape index (κ1) is 7.34. The van der Waals surface area contributed by atoms with Gasteiger partial charge in [-0.25, -0.2) is 0 Å². The summed E-state index contributed by atoms with van der Waals surface area (Å²) in [5.74, 6) is 2.34. The molecule has 5 fully saturated rings. The monoisotopic (exact) mass is 168 g/mol. The lowest BCUT2D eigenvalue weighted by molar-refractivity contribution is -0.151. The smallest absolute Gasteiger partial charge is 0.0573 e. The minimum Gasteiger partial charge on any atom is -0.393 e. The third kappa shape index (κ3) is 0.775. The molecule has 6 unspecified atom stereocenters. The maximum absolute atomic E-state index is 9.73. The second-order valence-corrected chi connectivity index (χ2v) is 4.93. The van der Waals surface area contributed by atoms with Crippen LogP contribution in [0.25, 0.3) is 0 Å². The Morgan fingerprint density at radius 3 is 1.58 bits per heavy atom. The van der Waals surface area contributed by atoms with Crippen LogP contribution in [-0.2, 0) is 0 Å². The largest absolute Gasteiger partial charge is 0.393 e. The molecule has 2 heteroatoms. The highest BCUT2D eigenvalue weighted by Crippen LogP contribution is 2.55. The van der Waals surface area contributed by atoms with Crippen LogP contribution in [-0.4, -0.2) is 22.4 Å². The van der Waals surface area contributed by atoms with E-state index in [1.165, 1.54) is 6.42 Å². The van der Waals surface area contributed by atoms with E-state index in [0.29, 0.717) is 23.7 Å². The third-order valence-electron chi connectivity index (χ3n) is 4.44. The molecule has 5 rings (SSSR count). The quantitative estimate of drug-likeness (QED) is 0.561. The molecule has 0 aromatic rings. The maximum Gasteiger partial charge on any atom is 0.0573 e. The van der Waals surface area contributed by atoms with Crippen molar-refractivity contribution in [3.63, 3.8) is 0 Å². The van der Waals surface area contributed by atoms with Gasteiger partial charge in [0, 0.05) is 0 Å². The van der Waals surface area contributed by atoms with E-state index in [-0.39, 0.29) is 12.2 Å². The number of fused-ring (bicyclic) bond motifs is 2. The number of hydrogen-bond acceptors (Lipinski definition) is 2. The van der Waals surface area contributed by atoms with Crippen LogP contribution in [0.2, 0.25) is 0 Å². The van der Waals surface area contributed by atoms with Crippen LogP contribution < -0.4 is 0 Å². The van der Waals surface area contributed by atoms with Crippen LogP contribution in [0.4, 0.5) is 0 Å². The highest BCUT2D eigenvalue weighted by molar-refractivity contribution is 5.03. The van der Waals surface area contributed by atoms with Crippen molar-refractivity contribution in [3.8, 4) is 0 Å². The van der Waals surface area contributed by atoms with Gasteiger partial charge in [0.1, 0.15) is 0 Å². The van der Waals surface area contributed by atoms with Crippen molar-refractivity contribution < 1.29 is 10.2 Å². The van der Waals surface area contributed by atoms with Crippen molar-refractivity contribution in [3.05, 3.63) is 0 Å². The van der Waals surface area contributed by atoms with Gasteiger partial charge in [-0.15, -0.1) is 0 Å². The molecule has 6 atom stereocenters. The summed E-state index contributed by atoms with van der Waals surface area (Å²) in [6.45, 7) is 0. The average molecular weight is 168 g/mol. The van der Waals surface area contributed by atoms with E-state index in [0.717, 1.165) is 19.3 Å². The fourth-order valence-electron chi connectivity index (χ4n) is 3.89. The molecule has 0 saturated heterocycles. The predicted molar refractivity (Wildman–Crippen MR) is 44.4 cm³/mol. The van der Waals surface area contributed by atoms with E-state index in [1.807, 2.05) is 0 Å². The lowest BCUT2D eigenvalue weighted by Gasteiger charge is -2.56. The van der Waals surface area contributed by atoms with Gasteiger partial charge in [-0.1, -0.05) is 0 Å². The average Bonchev–Trinajstić information content (AvgIpc) is 2.03. The number of hydrogen-bond donors (Lipinski definition) is 2. The molecular weight excluding hydrogens is 152 g/mol. The van der Waals surface area contributed by atoms with E-state index < -0.39 is 0 Å². The molecule has 5 aliphatic rings. The van der Waals surface area contributed by atoms with Gasteiger partial charge in [-0.3, -0.25) is 0 Å². The van der Waals surface area contributed by atoms with Crippen molar-refractivity contribution >= 4 is 0 Å². The first-order valence-electron chi connectivity index (χ1n) is 5.12. The molecule has 2 N–H and O–H groups in total. The Balaban J connectivity index is 1.92. The molecular formula is C10H16O2. The summed E-state index contributed by atoms with van der Waals surface area (Å²) in [7, 11) is 0. The molecule has 2 nitrogen and oxygen atoms in total. The summed E-state index contributed by atoms with van der Waals surface area (Å²) < 4.78 is 0. The molecule has 0 aromatic carbocycles. The normalized spacial score (nSPS) is 62.5. The van der Waals surface area contributed by atoms with Gasteiger partial charge in [-0.2, -0.15) is 0 Å². The van der Waals surface area contributed by atoms with Crippen molar-refractivity contribution in [1.82, 2.24) is 0 Å². The van der Waals surface area contributed by atoms with Crippen molar-refractivity contribution in [2.45, 2.75) is 37.9 Å². The number of aliphatic hydroxyl groups is 2. The van der Waals surface area contributed by atoms with Gasteiger partial charge < -0.3 is 10.2 Å². The summed E-state index contributed by atoms with van der Waals surface area (Å²) >= 11 is 0. The van der Waals surface area contributed by atoms with Gasteiger partial charge in [0.15, 0.2) is 0 Å². The Labute approximate surface area is 72.6 Å². The minimum atomic E-state index is -0.0440. The Morgan fingerprint density at radius 2 is 1.17 bits per heavy atom. The molecule has 5 aliphatic carbocycles. The van der Waals surface area contributed by atoms with Gasteiger partial charge in [0.2, 0.25) is 0 Å². The second kappa shape index (κ2) is 2.24. The fraction of sp³-hybridized carbons (Fsp3) is 1.00. The molecule has 0 radical (unpaired) electrons. The SMILES string of the molecule is OC1CC2CC3CC(O)C2CC13. The molecule has 68 valence electrons. The van der Waals surface area contributed by atoms with Crippen LogP contribution in [0.15, 0.2) is 0 Å². The molecule has 0 heterocycles. The highest BCUT2D eigenvalue weighted by atomic mass is 16.3. The number of rotatable bonds is 0. The Morgan fingerprint density at radius 1 is 0.667 bits per heavy atom. The van der Waals surface area contributed by atoms with E-state index >= 15 is 0 Å². The summed E-state index contributed by atoms with van der Waals surface area (Å²) in [5.41, 5.74) is 0. The van der Waals surface area contributed by atoms with Crippen molar-refractivity contribution in [2.24, 2.45) is 23.7 Å². The van der Waals surface area contributed by atoms with Gasteiger partial charge in [-0.05, 0) is 49.4 Å². The molecule has 4 bridgehead atoms. The van der Waals surface area contributed by atoms with Crippen LogP contribution in [0.5, 0.6) is 0 Å². The fourth-order valence-corrected chi connectivity index (χ4v) is 3.89. The summed E-state index contributed by atoms with van der Waals surface area (Å²) in [4.78, 5) is 0. The Hall–Kier alpha value is -0.0800. The maximum atomic E-state index is 9.73. The predicted octanol–water partition coefficient (Wildman–Crippen LogP) is 0.774. The Kier molecular flexibility index (Phi) is 1.37. The number of aliphatic hydroxyl groups excluding tert-OH is 2. The zero-order valence-corrected chi connectivity index (χ0v) is 7.19. The van der Waals surface area contributed by atoms with Crippen molar-refractivity contribution in [2.75, 3.05) is 0 Å². The van der Waals surface area contributed by atoms with E-state index in [2.05, 4.69) is 0 Å². The lowest BCUT2D eigenvalue weighted by Crippen LogP contribution is -2.55. The van der Waals surface area contributed by atoms with Crippen LogP contribution in [0.1, 0.15) is 25.7 Å². The van der Waals surface area contributed by atoms with Gasteiger partial charge in [0.05, 0.1) is 12.2 Å². The van der Waals surface area contributed by atoms with Gasteiger partial charge >= 0.3 is 0 Å². The lowest BCUT2D eigenvalue weighted by atomic mass is 9.51. The first-order chi connectivity index (χ1) is 5.75. The van der Waals surface area contributed by atoms with E-state index in [1.54, 1.807) is 0 Å². The zero-order chi connectivity index (χ0) is 8.29. The van der Waals surface area contributed by atoms with Crippen molar-refractivity contribution in [1.29, 1.82) is 0 Å². The van der Waals surface area contributed by atoms with Gasteiger partial charge in [0.25, 0.3) is 0 Å². The van der Waals surface area contributed by atoms with Crippen LogP contribution >= 0.6 is 0 Å². The molecule has 12 heavy (non-hydrogen) atoms. The molecule has 0 aromatic heterocycles. The Bertz CT molecular complexity index is 180. The molecule has 0 amide bonds. The topological polar surface area (TPSA) is 40.5 Å². The van der Waals surface area contributed by atoms with Crippen LogP contribution in [0.3, 0.4) is 0 Å². The van der Waals surface area contributed by atoms with E-state index in [9.17, 15) is 10.2 Å². The zero-order valence-electron chi connectivity index (χ0n) is 7.19. The van der Waals surface area contributed by atoms with E-state index in [4.69, 9.17) is 0 Å². The molecule has 0 spiro atoms. The minimum absolute atomic E-state index is 0.0440. The summed E-state index contributed by atoms with van der Waals surface area (Å²) in [6.07, 6.45) is 4.21. The first-order valence-corrected chi connectivity index (χ1v) is 5.12. The second-order valence-electron chi connectivity index (χ2n) is 4.93. The molecule has 5 saturated carbocycles. The highest BCUT2D eigenvalue weighted by Gasteiger charge is 2.53. The molecule has 0 aliphatic heterocycles.